The minimum atomic E-state index is -0.676. The number of fused-ring (bicyclic) bond motifs is 1. The molecule has 3 heterocycles. The van der Waals surface area contributed by atoms with E-state index in [4.69, 9.17) is 20.2 Å². The van der Waals surface area contributed by atoms with Crippen LogP contribution in [-0.4, -0.2) is 36.5 Å². The number of nitrogens with zero attached hydrogens (tertiary/aromatic N) is 1. The van der Waals surface area contributed by atoms with Crippen LogP contribution in [-0.2, 0) is 9.47 Å². The largest absolute Gasteiger partial charge is 0.465 e. The van der Waals surface area contributed by atoms with Crippen LogP contribution in [0, 0.1) is 13.8 Å². The zero-order valence-corrected chi connectivity index (χ0v) is 24.5. The fourth-order valence-electron chi connectivity index (χ4n) is 4.51. The van der Waals surface area contributed by atoms with Crippen molar-refractivity contribution in [3.63, 3.8) is 0 Å². The lowest BCUT2D eigenvalue weighted by Gasteiger charge is -2.09. The number of nitrogen functional groups attached to an aromatic ring is 1. The molecule has 1 amide bonds. The van der Waals surface area contributed by atoms with E-state index in [9.17, 15) is 14.4 Å². The smallest absolute Gasteiger partial charge is 0.348 e. The minimum Gasteiger partial charge on any atom is -0.465 e. The molecule has 0 fully saturated rings. The van der Waals surface area contributed by atoms with Gasteiger partial charge in [0.1, 0.15) is 19.6 Å². The van der Waals surface area contributed by atoms with Gasteiger partial charge < -0.3 is 20.5 Å². The maximum absolute atomic E-state index is 13.7. The predicted octanol–water partition coefficient (Wildman–Crippen LogP) is 7.11. The summed E-state index contributed by atoms with van der Waals surface area (Å²) in [4.78, 5) is 44.7. The quantitative estimate of drug-likeness (QED) is 0.195. The van der Waals surface area contributed by atoms with E-state index in [1.54, 1.807) is 13.8 Å². The first kappa shape index (κ1) is 28.0. The van der Waals surface area contributed by atoms with Crippen LogP contribution >= 0.6 is 22.7 Å². The average Bonchev–Trinajstić information content (AvgIpc) is 3.49. The van der Waals surface area contributed by atoms with Crippen LogP contribution in [0.15, 0.2) is 60.7 Å². The van der Waals surface area contributed by atoms with Gasteiger partial charge in [-0.05, 0) is 43.5 Å². The van der Waals surface area contributed by atoms with E-state index in [1.807, 2.05) is 67.6 Å². The summed E-state index contributed by atoms with van der Waals surface area (Å²) in [6, 6.07) is 19.9. The van der Waals surface area contributed by atoms with Gasteiger partial charge in [-0.1, -0.05) is 60.2 Å². The van der Waals surface area contributed by atoms with Gasteiger partial charge >= 0.3 is 11.9 Å². The lowest BCUT2D eigenvalue weighted by Crippen LogP contribution is -2.14. The Morgan fingerprint density at radius 3 is 2.29 bits per heavy atom. The van der Waals surface area contributed by atoms with Gasteiger partial charge in [0.25, 0.3) is 5.91 Å². The van der Waals surface area contributed by atoms with Crippen molar-refractivity contribution in [2.24, 2.45) is 0 Å². The normalized spacial score (nSPS) is 10.9. The molecule has 0 saturated carbocycles. The van der Waals surface area contributed by atoms with Crippen LogP contribution in [0.1, 0.15) is 47.8 Å². The summed E-state index contributed by atoms with van der Waals surface area (Å²) in [5, 5.41) is 3.64. The van der Waals surface area contributed by atoms with E-state index in [0.29, 0.717) is 15.8 Å². The van der Waals surface area contributed by atoms with Gasteiger partial charge in [-0.25, -0.2) is 14.6 Å². The number of hydrogen-bond donors (Lipinski definition) is 2. The van der Waals surface area contributed by atoms with E-state index < -0.39 is 17.8 Å². The van der Waals surface area contributed by atoms with E-state index in [-0.39, 0.29) is 32.6 Å². The molecule has 208 valence electrons. The lowest BCUT2D eigenvalue weighted by molar-refractivity contribution is 0.0531. The Labute approximate surface area is 244 Å². The number of hydrogen-bond acceptors (Lipinski definition) is 9. The van der Waals surface area contributed by atoms with Gasteiger partial charge in [-0.15, -0.1) is 22.7 Å². The molecule has 10 heteroatoms. The molecule has 0 saturated heterocycles. The number of ether oxygens (including phenoxy) is 2. The molecule has 0 unspecified atom stereocenters. The van der Waals surface area contributed by atoms with Gasteiger partial charge in [0, 0.05) is 10.9 Å². The minimum absolute atomic E-state index is 0.0958. The highest BCUT2D eigenvalue weighted by molar-refractivity contribution is 7.22. The number of aryl methyl sites for hydroxylation is 1. The summed E-state index contributed by atoms with van der Waals surface area (Å²) in [6.07, 6.45) is 0. The molecule has 2 aromatic carbocycles. The predicted molar refractivity (Wildman–Crippen MR) is 164 cm³/mol. The summed E-state index contributed by atoms with van der Waals surface area (Å²) >= 11 is 2.12. The molecular weight excluding hydrogens is 558 g/mol. The fraction of sp³-hybridized carbons (Fsp3) is 0.161. The number of esters is 2. The summed E-state index contributed by atoms with van der Waals surface area (Å²) in [6.45, 7) is 5.49. The van der Waals surface area contributed by atoms with Crippen LogP contribution < -0.4 is 11.1 Å². The van der Waals surface area contributed by atoms with Crippen LogP contribution in [0.25, 0.3) is 32.6 Å². The van der Waals surface area contributed by atoms with Crippen LogP contribution in [0.5, 0.6) is 0 Å². The van der Waals surface area contributed by atoms with Crippen molar-refractivity contribution in [3.8, 4) is 22.4 Å². The van der Waals surface area contributed by atoms with Crippen molar-refractivity contribution in [2.75, 3.05) is 24.8 Å². The van der Waals surface area contributed by atoms with Crippen molar-refractivity contribution in [2.45, 2.75) is 20.8 Å². The Kier molecular flexibility index (Phi) is 7.87. The molecule has 5 rings (SSSR count). The first-order valence-corrected chi connectivity index (χ1v) is 14.4. The number of rotatable bonds is 7. The Hall–Kier alpha value is -4.54. The molecule has 8 nitrogen and oxygen atoms in total. The number of thiophene rings is 2. The molecule has 0 aliphatic carbocycles. The second-order valence-corrected chi connectivity index (χ2v) is 11.3. The van der Waals surface area contributed by atoms with Gasteiger partial charge in [-0.2, -0.15) is 0 Å². The van der Waals surface area contributed by atoms with Crippen molar-refractivity contribution >= 4 is 61.4 Å². The highest BCUT2D eigenvalue weighted by atomic mass is 32.1. The molecule has 0 aliphatic heterocycles. The first-order valence-electron chi connectivity index (χ1n) is 12.8. The molecule has 0 bridgehead atoms. The van der Waals surface area contributed by atoms with Crippen molar-refractivity contribution in [3.05, 3.63) is 87.1 Å². The molecule has 0 spiro atoms. The zero-order chi connectivity index (χ0) is 29.3. The Morgan fingerprint density at radius 1 is 0.927 bits per heavy atom. The number of anilines is 2. The van der Waals surface area contributed by atoms with Crippen molar-refractivity contribution < 1.29 is 23.9 Å². The molecule has 0 atom stereocenters. The monoisotopic (exact) mass is 585 g/mol. The summed E-state index contributed by atoms with van der Waals surface area (Å²) in [5.41, 5.74) is 12.0. The van der Waals surface area contributed by atoms with Crippen molar-refractivity contribution in [1.82, 2.24) is 4.98 Å². The third kappa shape index (κ3) is 5.31. The van der Waals surface area contributed by atoms with Crippen LogP contribution in [0.2, 0.25) is 0 Å². The lowest BCUT2D eigenvalue weighted by atomic mass is 9.99. The average molecular weight is 586 g/mol. The van der Waals surface area contributed by atoms with Gasteiger partial charge in [0.2, 0.25) is 0 Å². The summed E-state index contributed by atoms with van der Waals surface area (Å²) in [5.74, 6) is -1.78. The highest BCUT2D eigenvalue weighted by Crippen LogP contribution is 2.42. The van der Waals surface area contributed by atoms with E-state index in [0.717, 1.165) is 39.3 Å². The molecule has 41 heavy (non-hydrogen) atoms. The van der Waals surface area contributed by atoms with E-state index >= 15 is 0 Å². The van der Waals surface area contributed by atoms with Gasteiger partial charge in [0.15, 0.2) is 0 Å². The number of carbonyl (C=O) groups is 3. The zero-order valence-electron chi connectivity index (χ0n) is 22.9. The number of methoxy groups -OCH3 is 1. The Bertz CT molecular complexity index is 1790. The number of nitrogens with two attached hydrogens (primary N) is 1. The molecule has 3 aromatic heterocycles. The second-order valence-electron chi connectivity index (χ2n) is 9.24. The van der Waals surface area contributed by atoms with Gasteiger partial charge in [-0.3, -0.25) is 4.79 Å². The topological polar surface area (TPSA) is 121 Å². The number of amides is 1. The number of benzene rings is 2. The van der Waals surface area contributed by atoms with Gasteiger partial charge in [0.05, 0.1) is 30.7 Å². The molecule has 3 N–H and O–H groups in total. The SMILES string of the molecule is CCOC(=O)c1sc(NC(=O)c2sc3nc(-c4ccccc4)cc(-c4ccc(C)cc4)c3c2N)c(C(=O)OC)c1C. The van der Waals surface area contributed by atoms with Crippen LogP contribution in [0.3, 0.4) is 0 Å². The van der Waals surface area contributed by atoms with Crippen LogP contribution in [0.4, 0.5) is 10.7 Å². The Morgan fingerprint density at radius 2 is 1.63 bits per heavy atom. The first-order chi connectivity index (χ1) is 19.7. The third-order valence-electron chi connectivity index (χ3n) is 6.56. The Balaban J connectivity index is 1.63. The molecule has 0 aliphatic rings. The number of aromatic nitrogens is 1. The standard InChI is InChI=1S/C31H27N3O5S2/c1-5-39-31(37)25-17(3)22(30(36)38-4)28(40-25)34-27(35)26-24(32)23-20(18-13-11-16(2)12-14-18)15-21(33-29(23)41-26)19-9-7-6-8-10-19/h6-15H,5,32H2,1-4H3,(H,34,35). The molecular formula is C31H27N3O5S2. The number of carbonyl (C=O) groups excluding carboxylic acids is 3. The second kappa shape index (κ2) is 11.5. The summed E-state index contributed by atoms with van der Waals surface area (Å²) in [7, 11) is 1.24. The summed E-state index contributed by atoms with van der Waals surface area (Å²) < 4.78 is 10.1. The maximum atomic E-state index is 13.7. The maximum Gasteiger partial charge on any atom is 0.348 e. The van der Waals surface area contributed by atoms with E-state index in [1.165, 1.54) is 18.4 Å². The van der Waals surface area contributed by atoms with Crippen molar-refractivity contribution in [1.29, 1.82) is 0 Å². The third-order valence-corrected chi connectivity index (χ3v) is 8.85. The fourth-order valence-corrected chi connectivity index (χ4v) is 6.61. The molecule has 0 radical (unpaired) electrons. The number of nitrogens with one attached hydrogen (secondary N) is 1. The molecule has 5 aromatic rings. The number of pyridine rings is 1. The van der Waals surface area contributed by atoms with E-state index in [2.05, 4.69) is 5.32 Å². The highest BCUT2D eigenvalue weighted by Gasteiger charge is 2.29.